The van der Waals surface area contributed by atoms with Gasteiger partial charge in [0.15, 0.2) is 24.1 Å². The summed E-state index contributed by atoms with van der Waals surface area (Å²) < 4.78 is 18.9. The van der Waals surface area contributed by atoms with Gasteiger partial charge in [0, 0.05) is 13.8 Å². The van der Waals surface area contributed by atoms with Crippen LogP contribution in [-0.2, 0) is 23.8 Å². The Morgan fingerprint density at radius 1 is 1.33 bits per heavy atom. The molecule has 10 nitrogen and oxygen atoms in total. The van der Waals surface area contributed by atoms with E-state index in [9.17, 15) is 9.59 Å². The molecule has 0 radical (unpaired) electrons. The van der Waals surface area contributed by atoms with Gasteiger partial charge in [0.1, 0.15) is 16.3 Å². The van der Waals surface area contributed by atoms with Crippen LogP contribution in [0.1, 0.15) is 39.8 Å². The van der Waals surface area contributed by atoms with E-state index in [4.69, 9.17) is 32.2 Å². The molecule has 2 unspecified atom stereocenters. The lowest BCUT2D eigenvalue weighted by Crippen LogP contribution is -2.38. The van der Waals surface area contributed by atoms with Crippen LogP contribution in [0.4, 0.5) is 5.95 Å². The molecule has 1 aliphatic rings. The van der Waals surface area contributed by atoms with Crippen LogP contribution in [0.2, 0.25) is 0 Å². The summed E-state index contributed by atoms with van der Waals surface area (Å²) in [4.78, 5) is 34.5. The molecule has 3 heterocycles. The van der Waals surface area contributed by atoms with E-state index in [1.807, 2.05) is 6.92 Å². The van der Waals surface area contributed by atoms with Crippen molar-refractivity contribution in [3.63, 3.8) is 0 Å². The van der Waals surface area contributed by atoms with E-state index in [-0.39, 0.29) is 5.95 Å². The number of aromatic nitrogens is 4. The Kier molecular flexibility index (Phi) is 5.42. The highest BCUT2D eigenvalue weighted by atomic mass is 32.1. The number of hydrogen-bond acceptors (Lipinski definition) is 9. The number of hydrogen-bond donors (Lipinski definition) is 2. The Morgan fingerprint density at radius 2 is 2.00 bits per heavy atom. The molecule has 146 valence electrons. The lowest BCUT2D eigenvalue weighted by atomic mass is 10.1. The molecule has 0 amide bonds. The van der Waals surface area contributed by atoms with Gasteiger partial charge in [-0.3, -0.25) is 14.2 Å². The molecule has 0 aliphatic carbocycles. The largest absolute Gasteiger partial charge is 0.456 e. The Labute approximate surface area is 160 Å². The maximum Gasteiger partial charge on any atom is 0.303 e. The summed E-state index contributed by atoms with van der Waals surface area (Å²) >= 11 is 5.23. The number of H-pyrrole nitrogens is 1. The number of nitrogens with two attached hydrogens (primary N) is 1. The third-order valence-corrected chi connectivity index (χ3v) is 4.48. The minimum Gasteiger partial charge on any atom is -0.456 e. The van der Waals surface area contributed by atoms with Gasteiger partial charge in [-0.25, -0.2) is 4.98 Å². The normalized spacial score (nSPS) is 24.9. The van der Waals surface area contributed by atoms with E-state index in [0.29, 0.717) is 22.2 Å². The summed E-state index contributed by atoms with van der Waals surface area (Å²) in [6.45, 7) is 4.57. The second kappa shape index (κ2) is 7.61. The van der Waals surface area contributed by atoms with Gasteiger partial charge < -0.3 is 24.9 Å². The number of carbonyl (C=O) groups is 2. The highest BCUT2D eigenvalue weighted by Gasteiger charge is 2.50. The van der Waals surface area contributed by atoms with Gasteiger partial charge in [-0.1, -0.05) is 25.6 Å². The molecule has 1 saturated heterocycles. The van der Waals surface area contributed by atoms with Crippen molar-refractivity contribution in [1.29, 1.82) is 0 Å². The van der Waals surface area contributed by atoms with E-state index in [0.717, 1.165) is 6.42 Å². The van der Waals surface area contributed by atoms with Gasteiger partial charge in [0.05, 0.1) is 6.33 Å². The van der Waals surface area contributed by atoms with Crippen molar-refractivity contribution in [3.8, 4) is 0 Å². The maximum atomic E-state index is 11.7. The number of anilines is 1. The highest BCUT2D eigenvalue weighted by molar-refractivity contribution is 7.71. The van der Waals surface area contributed by atoms with Gasteiger partial charge in [-0.15, -0.1) is 0 Å². The number of esters is 2. The van der Waals surface area contributed by atoms with E-state index in [2.05, 4.69) is 15.0 Å². The zero-order valence-corrected chi connectivity index (χ0v) is 16.0. The summed E-state index contributed by atoms with van der Waals surface area (Å²) in [5.41, 5.74) is 6.59. The summed E-state index contributed by atoms with van der Waals surface area (Å²) in [5, 5.41) is 0. The molecule has 1 fully saturated rings. The molecule has 4 atom stereocenters. The smallest absolute Gasteiger partial charge is 0.303 e. The van der Waals surface area contributed by atoms with Gasteiger partial charge >= 0.3 is 11.9 Å². The van der Waals surface area contributed by atoms with Crippen LogP contribution in [0.15, 0.2) is 6.33 Å². The fourth-order valence-electron chi connectivity index (χ4n) is 3.23. The molecule has 1 aliphatic heterocycles. The van der Waals surface area contributed by atoms with E-state index >= 15 is 0 Å². The van der Waals surface area contributed by atoms with Crippen LogP contribution in [0.5, 0.6) is 0 Å². The van der Waals surface area contributed by atoms with Crippen LogP contribution in [-0.4, -0.2) is 49.8 Å². The van der Waals surface area contributed by atoms with Gasteiger partial charge in [-0.2, -0.15) is 4.98 Å². The zero-order chi connectivity index (χ0) is 19.7. The number of aromatic amines is 1. The van der Waals surface area contributed by atoms with Crippen molar-refractivity contribution >= 4 is 41.3 Å². The van der Waals surface area contributed by atoms with E-state index < -0.39 is 36.5 Å². The molecule has 0 spiro atoms. The predicted molar refractivity (Wildman–Crippen MR) is 97.1 cm³/mol. The van der Waals surface area contributed by atoms with E-state index in [1.165, 1.54) is 20.2 Å². The highest BCUT2D eigenvalue weighted by Crippen LogP contribution is 2.37. The number of nitrogens with zero attached hydrogens (tertiary/aromatic N) is 3. The third-order valence-electron chi connectivity index (χ3n) is 4.19. The Hall–Kier alpha value is -2.53. The fourth-order valence-corrected chi connectivity index (χ4v) is 3.48. The summed E-state index contributed by atoms with van der Waals surface area (Å²) in [7, 11) is 0. The summed E-state index contributed by atoms with van der Waals surface area (Å²) in [6, 6.07) is 0. The molecule has 0 bridgehead atoms. The molecular weight excluding hydrogens is 374 g/mol. The summed E-state index contributed by atoms with van der Waals surface area (Å²) in [5.74, 6) is -0.877. The summed E-state index contributed by atoms with van der Waals surface area (Å²) in [6.07, 6.45) is 0.0637. The van der Waals surface area contributed by atoms with Gasteiger partial charge in [0.25, 0.3) is 0 Å². The quantitative estimate of drug-likeness (QED) is 0.572. The number of imidazole rings is 1. The van der Waals surface area contributed by atoms with E-state index in [1.54, 1.807) is 4.57 Å². The van der Waals surface area contributed by atoms with Crippen LogP contribution in [0.25, 0.3) is 11.2 Å². The monoisotopic (exact) mass is 395 g/mol. The molecule has 27 heavy (non-hydrogen) atoms. The molecule has 11 heteroatoms. The molecule has 2 aromatic rings. The Morgan fingerprint density at radius 3 is 2.63 bits per heavy atom. The number of nitrogen functional groups attached to an aromatic ring is 1. The van der Waals surface area contributed by atoms with Crippen molar-refractivity contribution in [1.82, 2.24) is 19.5 Å². The van der Waals surface area contributed by atoms with Crippen molar-refractivity contribution in [2.75, 3.05) is 5.73 Å². The standard InChI is InChI=1S/C16H21N5O5S/c1-4-5-9-11(24-7(2)22)12(25-8(3)23)15(26-9)21-6-18-10-13(21)19-16(17)20-14(10)27/h6,9,11-12,15H,4-5H2,1-3H3,(H3,17,19,20,27)/t9-,11?,12?,15-/m1/s1. The van der Waals surface area contributed by atoms with Crippen LogP contribution in [0.3, 0.4) is 0 Å². The molecular formula is C16H21N5O5S. The van der Waals surface area contributed by atoms with Crippen molar-refractivity contribution < 1.29 is 23.8 Å². The number of nitrogens with one attached hydrogen (secondary N) is 1. The number of fused-ring (bicyclic) bond motifs is 1. The predicted octanol–water partition coefficient (Wildman–Crippen LogP) is 1.63. The first-order chi connectivity index (χ1) is 12.8. The Balaban J connectivity index is 2.08. The molecule has 0 aromatic carbocycles. The number of ether oxygens (including phenoxy) is 3. The average molecular weight is 395 g/mol. The first-order valence-electron chi connectivity index (χ1n) is 8.54. The fraction of sp³-hybridized carbons (Fsp3) is 0.562. The van der Waals surface area contributed by atoms with Crippen molar-refractivity contribution in [2.45, 2.75) is 58.2 Å². The number of carbonyl (C=O) groups excluding carboxylic acids is 2. The second-order valence-corrected chi connectivity index (χ2v) is 6.69. The first kappa shape index (κ1) is 19.2. The minimum atomic E-state index is -0.860. The van der Waals surface area contributed by atoms with Gasteiger partial charge in [0.2, 0.25) is 5.95 Å². The van der Waals surface area contributed by atoms with Crippen molar-refractivity contribution in [2.24, 2.45) is 0 Å². The zero-order valence-electron chi connectivity index (χ0n) is 15.2. The Bertz CT molecular complexity index is 926. The number of rotatable bonds is 5. The van der Waals surface area contributed by atoms with Crippen molar-refractivity contribution in [3.05, 3.63) is 11.0 Å². The second-order valence-electron chi connectivity index (χ2n) is 6.28. The molecule has 2 aromatic heterocycles. The van der Waals surface area contributed by atoms with Crippen LogP contribution in [0, 0.1) is 4.64 Å². The lowest BCUT2D eigenvalue weighted by Gasteiger charge is -2.23. The van der Waals surface area contributed by atoms with Crippen LogP contribution >= 0.6 is 12.2 Å². The molecule has 0 saturated carbocycles. The molecule has 3 rings (SSSR count). The minimum absolute atomic E-state index is 0.123. The topological polar surface area (TPSA) is 134 Å². The SMILES string of the molecule is CCC[C@H]1O[C@@H](n2cnc3c(=S)[nH]c(N)nc32)C(OC(C)=O)C1OC(C)=O. The van der Waals surface area contributed by atoms with Crippen LogP contribution < -0.4 is 5.73 Å². The lowest BCUT2D eigenvalue weighted by molar-refractivity contribution is -0.165. The molecule has 3 N–H and O–H groups in total. The average Bonchev–Trinajstić information content (AvgIpc) is 3.10. The third kappa shape index (κ3) is 3.78. The maximum absolute atomic E-state index is 11.7. The van der Waals surface area contributed by atoms with Gasteiger partial charge in [-0.05, 0) is 6.42 Å². The first-order valence-corrected chi connectivity index (χ1v) is 8.94.